The lowest BCUT2D eigenvalue weighted by Crippen LogP contribution is -2.29. The molecular weight excluding hydrogens is 292 g/mol. The summed E-state index contributed by atoms with van der Waals surface area (Å²) in [5.74, 6) is 0.915. The molecule has 0 radical (unpaired) electrons. The van der Waals surface area contributed by atoms with Crippen molar-refractivity contribution in [2.75, 3.05) is 31.3 Å². The first kappa shape index (κ1) is 15.6. The second-order valence-corrected chi connectivity index (χ2v) is 7.21. The third-order valence-corrected chi connectivity index (χ3v) is 5.59. The van der Waals surface area contributed by atoms with Crippen molar-refractivity contribution in [3.63, 3.8) is 0 Å². The van der Waals surface area contributed by atoms with Gasteiger partial charge in [0.05, 0.1) is 10.7 Å². The molecule has 0 aliphatic heterocycles. The van der Waals surface area contributed by atoms with Crippen molar-refractivity contribution in [2.45, 2.75) is 11.3 Å². The first-order chi connectivity index (χ1) is 8.41. The Balaban J connectivity index is 2.99. The van der Waals surface area contributed by atoms with E-state index in [4.69, 9.17) is 17.3 Å². The van der Waals surface area contributed by atoms with Crippen molar-refractivity contribution in [3.05, 3.63) is 23.2 Å². The summed E-state index contributed by atoms with van der Waals surface area (Å²) in [6.07, 6.45) is 2.78. The molecular formula is C11H17ClN2O2S2. The molecule has 0 saturated carbocycles. The minimum atomic E-state index is -3.61. The highest BCUT2D eigenvalue weighted by Crippen LogP contribution is 2.29. The Morgan fingerprint density at radius 3 is 2.67 bits per heavy atom. The third kappa shape index (κ3) is 3.54. The van der Waals surface area contributed by atoms with Gasteiger partial charge in [-0.15, -0.1) is 0 Å². The third-order valence-electron chi connectivity index (χ3n) is 2.49. The number of hydrogen-bond donors (Lipinski definition) is 1. The number of rotatable bonds is 6. The molecule has 0 saturated heterocycles. The summed E-state index contributed by atoms with van der Waals surface area (Å²) in [6.45, 7) is 0.452. The average Bonchev–Trinajstić information content (AvgIpc) is 2.28. The molecule has 4 nitrogen and oxygen atoms in total. The second-order valence-electron chi connectivity index (χ2n) is 3.83. The number of nitrogen functional groups attached to an aromatic ring is 1. The Labute approximate surface area is 118 Å². The van der Waals surface area contributed by atoms with E-state index in [1.807, 2.05) is 6.26 Å². The number of sulfonamides is 1. The fourth-order valence-electron chi connectivity index (χ4n) is 1.51. The summed E-state index contributed by atoms with van der Waals surface area (Å²) >= 11 is 7.61. The Morgan fingerprint density at radius 2 is 2.11 bits per heavy atom. The highest BCUT2D eigenvalue weighted by atomic mass is 35.5. The maximum absolute atomic E-state index is 12.3. The molecule has 0 aromatic heterocycles. The summed E-state index contributed by atoms with van der Waals surface area (Å²) in [5.41, 5.74) is 5.89. The molecule has 18 heavy (non-hydrogen) atoms. The first-order valence-corrected chi connectivity index (χ1v) is 8.61. The summed E-state index contributed by atoms with van der Waals surface area (Å²) in [7, 11) is -2.07. The van der Waals surface area contributed by atoms with Crippen LogP contribution in [0.4, 0.5) is 5.69 Å². The molecule has 2 N–H and O–H groups in total. The van der Waals surface area contributed by atoms with Gasteiger partial charge in [0.15, 0.2) is 0 Å². The van der Waals surface area contributed by atoms with Crippen molar-refractivity contribution >= 4 is 39.1 Å². The monoisotopic (exact) mass is 308 g/mol. The van der Waals surface area contributed by atoms with Gasteiger partial charge < -0.3 is 5.73 Å². The number of nitrogens with two attached hydrogens (primary N) is 1. The summed E-state index contributed by atoms with van der Waals surface area (Å²) in [4.78, 5) is -0.00156. The van der Waals surface area contributed by atoms with E-state index >= 15 is 0 Å². The number of anilines is 1. The van der Waals surface area contributed by atoms with E-state index < -0.39 is 10.0 Å². The lowest BCUT2D eigenvalue weighted by atomic mass is 10.3. The standard InChI is InChI=1S/C11H17ClN2O2S2/c1-14(7-4-8-17-2)18(15,16)11-9(12)5-3-6-10(11)13/h3,5-6H,4,7-8,13H2,1-2H3. The van der Waals surface area contributed by atoms with Gasteiger partial charge in [-0.2, -0.15) is 11.8 Å². The van der Waals surface area contributed by atoms with Crippen LogP contribution in [0.1, 0.15) is 6.42 Å². The fraction of sp³-hybridized carbons (Fsp3) is 0.455. The highest BCUT2D eigenvalue weighted by molar-refractivity contribution is 7.98. The van der Waals surface area contributed by atoms with Gasteiger partial charge in [-0.1, -0.05) is 17.7 Å². The van der Waals surface area contributed by atoms with Crippen LogP contribution in [-0.2, 0) is 10.0 Å². The van der Waals surface area contributed by atoms with Gasteiger partial charge >= 0.3 is 0 Å². The van der Waals surface area contributed by atoms with Crippen LogP contribution in [0.2, 0.25) is 5.02 Å². The van der Waals surface area contributed by atoms with Crippen LogP contribution in [0.25, 0.3) is 0 Å². The topological polar surface area (TPSA) is 63.4 Å². The van der Waals surface area contributed by atoms with Crippen molar-refractivity contribution in [2.24, 2.45) is 0 Å². The zero-order chi connectivity index (χ0) is 13.8. The average molecular weight is 309 g/mol. The van der Waals surface area contributed by atoms with Crippen LogP contribution in [0.15, 0.2) is 23.1 Å². The first-order valence-electron chi connectivity index (χ1n) is 5.40. The zero-order valence-electron chi connectivity index (χ0n) is 10.4. The summed E-state index contributed by atoms with van der Waals surface area (Å²) in [5, 5.41) is 0.159. The molecule has 0 amide bonds. The Hall–Kier alpha value is -0.430. The smallest absolute Gasteiger partial charge is 0.246 e. The van der Waals surface area contributed by atoms with Gasteiger partial charge in [0.2, 0.25) is 10.0 Å². The van der Waals surface area contributed by atoms with Gasteiger partial charge in [0, 0.05) is 13.6 Å². The van der Waals surface area contributed by atoms with Gasteiger partial charge in [-0.25, -0.2) is 12.7 Å². The van der Waals surface area contributed by atoms with E-state index in [0.717, 1.165) is 12.2 Å². The van der Waals surface area contributed by atoms with Gasteiger partial charge in [0.25, 0.3) is 0 Å². The van der Waals surface area contributed by atoms with Crippen LogP contribution >= 0.6 is 23.4 Å². The van der Waals surface area contributed by atoms with Crippen LogP contribution in [0.5, 0.6) is 0 Å². The molecule has 0 spiro atoms. The molecule has 0 aliphatic rings. The van der Waals surface area contributed by atoms with Gasteiger partial charge in [-0.05, 0) is 30.6 Å². The van der Waals surface area contributed by atoms with Crippen molar-refractivity contribution in [1.82, 2.24) is 4.31 Å². The van der Waals surface area contributed by atoms with Gasteiger partial charge in [-0.3, -0.25) is 0 Å². The van der Waals surface area contributed by atoms with Crippen LogP contribution in [-0.4, -0.2) is 38.3 Å². The number of hydrogen-bond acceptors (Lipinski definition) is 4. The Bertz CT molecular complexity index is 486. The normalized spacial score (nSPS) is 12.0. The maximum atomic E-state index is 12.3. The van der Waals surface area contributed by atoms with Crippen LogP contribution in [0.3, 0.4) is 0 Å². The maximum Gasteiger partial charge on any atom is 0.246 e. The number of thioether (sulfide) groups is 1. The number of halogens is 1. The largest absolute Gasteiger partial charge is 0.398 e. The molecule has 0 heterocycles. The van der Waals surface area contributed by atoms with E-state index in [2.05, 4.69) is 0 Å². The van der Waals surface area contributed by atoms with E-state index in [-0.39, 0.29) is 15.6 Å². The van der Waals surface area contributed by atoms with Crippen LogP contribution < -0.4 is 5.73 Å². The lowest BCUT2D eigenvalue weighted by molar-refractivity contribution is 0.470. The second kappa shape index (κ2) is 6.65. The van der Waals surface area contributed by atoms with Crippen molar-refractivity contribution < 1.29 is 8.42 Å². The summed E-state index contributed by atoms with van der Waals surface area (Å²) < 4.78 is 25.9. The van der Waals surface area contributed by atoms with E-state index in [1.165, 1.54) is 16.4 Å². The highest BCUT2D eigenvalue weighted by Gasteiger charge is 2.25. The fourth-order valence-corrected chi connectivity index (χ4v) is 3.76. The van der Waals surface area contributed by atoms with Crippen molar-refractivity contribution in [1.29, 1.82) is 0 Å². The minimum absolute atomic E-state index is 0.00156. The Kier molecular flexibility index (Phi) is 5.78. The molecule has 0 atom stereocenters. The molecule has 0 bridgehead atoms. The molecule has 7 heteroatoms. The molecule has 1 rings (SSSR count). The molecule has 0 aliphatic carbocycles. The quantitative estimate of drug-likeness (QED) is 0.647. The van der Waals surface area contributed by atoms with E-state index in [9.17, 15) is 8.42 Å². The minimum Gasteiger partial charge on any atom is -0.398 e. The van der Waals surface area contributed by atoms with Crippen molar-refractivity contribution in [3.8, 4) is 0 Å². The molecule has 0 fully saturated rings. The summed E-state index contributed by atoms with van der Waals surface area (Å²) in [6, 6.07) is 4.69. The number of benzene rings is 1. The lowest BCUT2D eigenvalue weighted by Gasteiger charge is -2.18. The van der Waals surface area contributed by atoms with Crippen LogP contribution in [0, 0.1) is 0 Å². The molecule has 0 unspecified atom stereocenters. The predicted octanol–water partition coefficient (Wildman–Crippen LogP) is 2.30. The van der Waals surface area contributed by atoms with Gasteiger partial charge in [0.1, 0.15) is 4.90 Å². The molecule has 1 aromatic carbocycles. The zero-order valence-corrected chi connectivity index (χ0v) is 12.8. The van der Waals surface area contributed by atoms with E-state index in [0.29, 0.717) is 6.54 Å². The Morgan fingerprint density at radius 1 is 1.44 bits per heavy atom. The SMILES string of the molecule is CSCCCN(C)S(=O)(=O)c1c(N)cccc1Cl. The molecule has 1 aromatic rings. The number of nitrogens with zero attached hydrogens (tertiary/aromatic N) is 1. The molecule has 102 valence electrons. The van der Waals surface area contributed by atoms with E-state index in [1.54, 1.807) is 24.9 Å². The predicted molar refractivity (Wildman–Crippen MR) is 78.7 cm³/mol.